The number of nitrogens with one attached hydrogen (secondary N) is 2. The number of anilines is 3. The Morgan fingerprint density at radius 1 is 0.808 bits per heavy atom. The lowest BCUT2D eigenvalue weighted by Gasteiger charge is -2.09. The third kappa shape index (κ3) is 4.86. The van der Waals surface area contributed by atoms with Crippen LogP contribution in [0.1, 0.15) is 5.56 Å². The third-order valence-corrected chi connectivity index (χ3v) is 3.91. The fourth-order valence-electron chi connectivity index (χ4n) is 2.47. The summed E-state index contributed by atoms with van der Waals surface area (Å²) in [5, 5.41) is 6.58. The van der Waals surface area contributed by atoms with Crippen molar-refractivity contribution < 1.29 is 9.47 Å². The monoisotopic (exact) mass is 350 g/mol. The average Bonchev–Trinajstić information content (AvgIpc) is 2.69. The Balaban J connectivity index is 1.54. The predicted molar refractivity (Wildman–Crippen MR) is 103 cm³/mol. The van der Waals surface area contributed by atoms with Gasteiger partial charge in [0.15, 0.2) is 0 Å². The van der Waals surface area contributed by atoms with Gasteiger partial charge < -0.3 is 20.1 Å². The summed E-state index contributed by atoms with van der Waals surface area (Å²) in [6.07, 6.45) is 2.44. The lowest BCUT2D eigenvalue weighted by atomic mass is 10.1. The largest absolute Gasteiger partial charge is 0.497 e. The van der Waals surface area contributed by atoms with E-state index < -0.39 is 0 Å². The van der Waals surface area contributed by atoms with Crippen LogP contribution in [0.3, 0.4) is 0 Å². The molecule has 6 heteroatoms. The summed E-state index contributed by atoms with van der Waals surface area (Å²) in [6, 6.07) is 17.6. The Bertz CT molecular complexity index is 820. The maximum atomic E-state index is 5.17. The van der Waals surface area contributed by atoms with Crippen molar-refractivity contribution in [1.29, 1.82) is 0 Å². The molecule has 0 aliphatic rings. The molecule has 1 aromatic heterocycles. The van der Waals surface area contributed by atoms with E-state index in [9.17, 15) is 0 Å². The Kier molecular flexibility index (Phi) is 5.88. The molecule has 134 valence electrons. The van der Waals surface area contributed by atoms with E-state index in [0.717, 1.165) is 41.8 Å². The molecule has 0 saturated carbocycles. The summed E-state index contributed by atoms with van der Waals surface area (Å²) >= 11 is 0. The number of hydrogen-bond donors (Lipinski definition) is 2. The minimum absolute atomic E-state index is 0.733. The SMILES string of the molecule is COc1ccc(CCNc2cc(Nc3ccc(OC)cc3)ncn2)cc1. The number of hydrogen-bond acceptors (Lipinski definition) is 6. The molecule has 0 aliphatic heterocycles. The lowest BCUT2D eigenvalue weighted by Crippen LogP contribution is -2.07. The first kappa shape index (κ1) is 17.5. The summed E-state index contributed by atoms with van der Waals surface area (Å²) in [5.74, 6) is 3.20. The van der Waals surface area contributed by atoms with Gasteiger partial charge >= 0.3 is 0 Å². The minimum atomic E-state index is 0.733. The van der Waals surface area contributed by atoms with Crippen molar-refractivity contribution in [1.82, 2.24) is 9.97 Å². The van der Waals surface area contributed by atoms with Crippen LogP contribution in [0.2, 0.25) is 0 Å². The quantitative estimate of drug-likeness (QED) is 0.642. The smallest absolute Gasteiger partial charge is 0.135 e. The van der Waals surface area contributed by atoms with Crippen LogP contribution in [-0.4, -0.2) is 30.7 Å². The molecule has 6 nitrogen and oxygen atoms in total. The first-order valence-corrected chi connectivity index (χ1v) is 8.37. The van der Waals surface area contributed by atoms with Crippen molar-refractivity contribution in [2.24, 2.45) is 0 Å². The van der Waals surface area contributed by atoms with Gasteiger partial charge in [-0.05, 0) is 48.4 Å². The highest BCUT2D eigenvalue weighted by Crippen LogP contribution is 2.19. The predicted octanol–water partition coefficient (Wildman–Crippen LogP) is 3.89. The van der Waals surface area contributed by atoms with Crippen molar-refractivity contribution in [2.45, 2.75) is 6.42 Å². The van der Waals surface area contributed by atoms with Crippen molar-refractivity contribution in [3.8, 4) is 11.5 Å². The molecule has 0 aliphatic carbocycles. The van der Waals surface area contributed by atoms with Crippen LogP contribution in [-0.2, 0) is 6.42 Å². The topological polar surface area (TPSA) is 68.3 Å². The van der Waals surface area contributed by atoms with Gasteiger partial charge in [0.2, 0.25) is 0 Å². The van der Waals surface area contributed by atoms with Crippen LogP contribution in [0.4, 0.5) is 17.3 Å². The van der Waals surface area contributed by atoms with E-state index in [1.807, 2.05) is 42.5 Å². The molecule has 0 fully saturated rings. The zero-order valence-corrected chi connectivity index (χ0v) is 14.9. The van der Waals surface area contributed by atoms with Gasteiger partial charge in [-0.2, -0.15) is 0 Å². The summed E-state index contributed by atoms with van der Waals surface area (Å²) in [5.41, 5.74) is 2.18. The highest BCUT2D eigenvalue weighted by Gasteiger charge is 2.01. The molecule has 2 aromatic carbocycles. The maximum Gasteiger partial charge on any atom is 0.135 e. The van der Waals surface area contributed by atoms with Gasteiger partial charge in [-0.3, -0.25) is 0 Å². The van der Waals surface area contributed by atoms with E-state index in [1.165, 1.54) is 5.56 Å². The summed E-state index contributed by atoms with van der Waals surface area (Å²) < 4.78 is 10.3. The molecule has 0 radical (unpaired) electrons. The van der Waals surface area contributed by atoms with Gasteiger partial charge in [0.05, 0.1) is 14.2 Å². The van der Waals surface area contributed by atoms with Gasteiger partial charge in [0.1, 0.15) is 29.5 Å². The molecule has 3 aromatic rings. The van der Waals surface area contributed by atoms with E-state index in [4.69, 9.17) is 9.47 Å². The molecular formula is C20H22N4O2. The molecule has 2 N–H and O–H groups in total. The van der Waals surface area contributed by atoms with Crippen LogP contribution in [0, 0.1) is 0 Å². The molecule has 0 spiro atoms. The number of aromatic nitrogens is 2. The summed E-state index contributed by atoms with van der Waals surface area (Å²) in [7, 11) is 3.32. The van der Waals surface area contributed by atoms with Gasteiger partial charge in [-0.25, -0.2) is 9.97 Å². The summed E-state index contributed by atoms with van der Waals surface area (Å²) in [4.78, 5) is 8.52. The average molecular weight is 350 g/mol. The molecule has 0 saturated heterocycles. The maximum absolute atomic E-state index is 5.17. The molecule has 26 heavy (non-hydrogen) atoms. The van der Waals surface area contributed by atoms with E-state index >= 15 is 0 Å². The first-order valence-electron chi connectivity index (χ1n) is 8.37. The van der Waals surface area contributed by atoms with Crippen LogP contribution in [0.15, 0.2) is 60.9 Å². The van der Waals surface area contributed by atoms with Crippen molar-refractivity contribution in [3.05, 3.63) is 66.5 Å². The normalized spacial score (nSPS) is 10.2. The standard InChI is InChI=1S/C20H22N4O2/c1-25-17-7-3-15(4-8-17)11-12-21-19-13-20(23-14-22-19)24-16-5-9-18(26-2)10-6-16/h3-10,13-14H,11-12H2,1-2H3,(H2,21,22,23,24). The fraction of sp³-hybridized carbons (Fsp3) is 0.200. The van der Waals surface area contributed by atoms with Gasteiger partial charge in [0.25, 0.3) is 0 Å². The number of methoxy groups -OCH3 is 2. The van der Waals surface area contributed by atoms with Crippen LogP contribution < -0.4 is 20.1 Å². The Morgan fingerprint density at radius 2 is 1.42 bits per heavy atom. The second kappa shape index (κ2) is 8.71. The van der Waals surface area contributed by atoms with Crippen molar-refractivity contribution in [2.75, 3.05) is 31.4 Å². The molecular weight excluding hydrogens is 328 g/mol. The van der Waals surface area contributed by atoms with E-state index in [2.05, 4.69) is 32.7 Å². The van der Waals surface area contributed by atoms with Crippen molar-refractivity contribution in [3.63, 3.8) is 0 Å². The second-order valence-corrected chi connectivity index (χ2v) is 5.67. The molecule has 0 unspecified atom stereocenters. The number of nitrogens with zero attached hydrogens (tertiary/aromatic N) is 2. The second-order valence-electron chi connectivity index (χ2n) is 5.67. The minimum Gasteiger partial charge on any atom is -0.497 e. The number of benzene rings is 2. The highest BCUT2D eigenvalue weighted by molar-refractivity contribution is 5.59. The van der Waals surface area contributed by atoms with E-state index in [0.29, 0.717) is 0 Å². The molecule has 0 atom stereocenters. The Morgan fingerprint density at radius 3 is 2.08 bits per heavy atom. The Labute approximate surface area is 153 Å². The van der Waals surface area contributed by atoms with E-state index in [1.54, 1.807) is 20.5 Å². The zero-order valence-electron chi connectivity index (χ0n) is 14.9. The molecule has 3 rings (SSSR count). The third-order valence-electron chi connectivity index (χ3n) is 3.91. The van der Waals surface area contributed by atoms with Gasteiger partial charge in [-0.1, -0.05) is 12.1 Å². The molecule has 1 heterocycles. The lowest BCUT2D eigenvalue weighted by molar-refractivity contribution is 0.414. The Hall–Kier alpha value is -3.28. The van der Waals surface area contributed by atoms with E-state index in [-0.39, 0.29) is 0 Å². The first-order chi connectivity index (χ1) is 12.8. The van der Waals surface area contributed by atoms with Crippen LogP contribution in [0.25, 0.3) is 0 Å². The number of rotatable bonds is 8. The zero-order chi connectivity index (χ0) is 18.2. The van der Waals surface area contributed by atoms with Gasteiger partial charge in [-0.15, -0.1) is 0 Å². The van der Waals surface area contributed by atoms with Gasteiger partial charge in [0, 0.05) is 18.3 Å². The summed E-state index contributed by atoms with van der Waals surface area (Å²) in [6.45, 7) is 0.783. The number of ether oxygens (including phenoxy) is 2. The van der Waals surface area contributed by atoms with Crippen LogP contribution in [0.5, 0.6) is 11.5 Å². The molecule has 0 amide bonds. The van der Waals surface area contributed by atoms with Crippen LogP contribution >= 0.6 is 0 Å². The highest BCUT2D eigenvalue weighted by atomic mass is 16.5. The molecule has 0 bridgehead atoms. The fourth-order valence-corrected chi connectivity index (χ4v) is 2.47. The van der Waals surface area contributed by atoms with Crippen molar-refractivity contribution >= 4 is 17.3 Å².